The van der Waals surface area contributed by atoms with Gasteiger partial charge in [0.25, 0.3) is 0 Å². The number of fused-ring (bicyclic) bond motifs is 1. The van der Waals surface area contributed by atoms with E-state index in [9.17, 15) is 9.59 Å². The Kier molecular flexibility index (Phi) is 3.61. The van der Waals surface area contributed by atoms with Gasteiger partial charge >= 0.3 is 6.03 Å². The van der Waals surface area contributed by atoms with Crippen LogP contribution in [0.3, 0.4) is 0 Å². The Hall–Kier alpha value is -1.89. The van der Waals surface area contributed by atoms with Crippen LogP contribution in [0.5, 0.6) is 0 Å². The van der Waals surface area contributed by atoms with Crippen molar-refractivity contribution >= 4 is 11.9 Å². The largest absolute Gasteiger partial charge is 0.341 e. The van der Waals surface area contributed by atoms with Gasteiger partial charge in [0.1, 0.15) is 5.82 Å². The molecule has 2 N–H and O–H groups in total. The van der Waals surface area contributed by atoms with Crippen LogP contribution in [0.1, 0.15) is 12.7 Å². The van der Waals surface area contributed by atoms with Crippen LogP contribution < -0.4 is 10.6 Å². The molecule has 98 valence electrons. The molecular weight excluding hydrogens is 234 g/mol. The summed E-state index contributed by atoms with van der Waals surface area (Å²) >= 11 is 0. The lowest BCUT2D eigenvalue weighted by Crippen LogP contribution is -2.50. The number of hydrogen-bond donors (Lipinski definition) is 2. The zero-order valence-corrected chi connectivity index (χ0v) is 10.5. The van der Waals surface area contributed by atoms with Crippen molar-refractivity contribution in [2.75, 3.05) is 13.6 Å². The third kappa shape index (κ3) is 2.51. The van der Waals surface area contributed by atoms with Gasteiger partial charge in [-0.1, -0.05) is 0 Å². The van der Waals surface area contributed by atoms with Gasteiger partial charge in [0, 0.05) is 32.5 Å². The van der Waals surface area contributed by atoms with E-state index in [-0.39, 0.29) is 11.9 Å². The number of imidazole rings is 1. The summed E-state index contributed by atoms with van der Waals surface area (Å²) in [6, 6.07) is -0.835. The van der Waals surface area contributed by atoms with Gasteiger partial charge < -0.3 is 9.88 Å². The van der Waals surface area contributed by atoms with E-state index in [0.29, 0.717) is 6.54 Å². The molecule has 1 atom stereocenters. The summed E-state index contributed by atoms with van der Waals surface area (Å²) in [6.07, 6.45) is 3.69. The number of carbonyl (C=O) groups is 2. The molecule has 1 aliphatic heterocycles. The molecule has 1 aliphatic rings. The molecule has 0 fully saturated rings. The number of hydrogen-bond acceptors (Lipinski definition) is 4. The SMILES string of the molecule is CNC(=O)NC(=O)C(C)N1CCn2ccnc2C1. The number of imide groups is 1. The van der Waals surface area contributed by atoms with Crippen LogP contribution >= 0.6 is 0 Å². The summed E-state index contributed by atoms with van der Waals surface area (Å²) in [6.45, 7) is 3.99. The van der Waals surface area contributed by atoms with Crippen molar-refractivity contribution in [3.05, 3.63) is 18.2 Å². The number of urea groups is 1. The molecule has 0 aliphatic carbocycles. The van der Waals surface area contributed by atoms with Gasteiger partial charge in [-0.3, -0.25) is 15.0 Å². The minimum Gasteiger partial charge on any atom is -0.341 e. The third-order valence-electron chi connectivity index (χ3n) is 3.17. The number of amides is 3. The van der Waals surface area contributed by atoms with Crippen LogP contribution in [0, 0.1) is 0 Å². The second-order valence-electron chi connectivity index (χ2n) is 4.25. The molecule has 18 heavy (non-hydrogen) atoms. The van der Waals surface area contributed by atoms with Crippen LogP contribution in [0.2, 0.25) is 0 Å². The first kappa shape index (κ1) is 12.6. The Morgan fingerprint density at radius 3 is 2.94 bits per heavy atom. The molecule has 0 saturated carbocycles. The molecule has 1 aromatic rings. The number of rotatable bonds is 2. The van der Waals surface area contributed by atoms with Gasteiger partial charge in [-0.2, -0.15) is 0 Å². The summed E-state index contributed by atoms with van der Waals surface area (Å²) in [7, 11) is 1.48. The molecule has 0 spiro atoms. The summed E-state index contributed by atoms with van der Waals surface area (Å²) in [4.78, 5) is 29.1. The number of aromatic nitrogens is 2. The van der Waals surface area contributed by atoms with E-state index in [1.807, 2.05) is 11.1 Å². The molecule has 0 aromatic carbocycles. The fraction of sp³-hybridized carbons (Fsp3) is 0.545. The fourth-order valence-electron chi connectivity index (χ4n) is 1.97. The van der Waals surface area contributed by atoms with Crippen molar-refractivity contribution in [3.8, 4) is 0 Å². The molecular formula is C11H17N5O2. The Bertz CT molecular complexity index is 456. The first-order valence-corrected chi connectivity index (χ1v) is 5.88. The van der Waals surface area contributed by atoms with E-state index in [1.54, 1.807) is 13.1 Å². The number of carbonyl (C=O) groups excluding carboxylic acids is 2. The zero-order valence-electron chi connectivity index (χ0n) is 10.5. The second-order valence-corrected chi connectivity index (χ2v) is 4.25. The van der Waals surface area contributed by atoms with E-state index >= 15 is 0 Å². The molecule has 7 heteroatoms. The maximum Gasteiger partial charge on any atom is 0.321 e. The molecule has 2 rings (SSSR count). The average molecular weight is 251 g/mol. The van der Waals surface area contributed by atoms with Crippen LogP contribution in [-0.4, -0.2) is 46.0 Å². The Labute approximate surface area is 105 Å². The molecule has 0 radical (unpaired) electrons. The van der Waals surface area contributed by atoms with Crippen LogP contribution in [-0.2, 0) is 17.9 Å². The quantitative estimate of drug-likeness (QED) is 0.745. The van der Waals surface area contributed by atoms with Crippen molar-refractivity contribution in [2.24, 2.45) is 0 Å². The van der Waals surface area contributed by atoms with Gasteiger partial charge in [0.2, 0.25) is 5.91 Å². The normalized spacial score (nSPS) is 16.8. The minimum atomic E-state index is -0.481. The second kappa shape index (κ2) is 5.18. The highest BCUT2D eigenvalue weighted by Crippen LogP contribution is 2.13. The summed E-state index contributed by atoms with van der Waals surface area (Å²) < 4.78 is 2.07. The van der Waals surface area contributed by atoms with E-state index < -0.39 is 6.03 Å². The predicted molar refractivity (Wildman–Crippen MR) is 64.7 cm³/mol. The molecule has 1 unspecified atom stereocenters. The number of nitrogens with one attached hydrogen (secondary N) is 2. The van der Waals surface area contributed by atoms with Gasteiger partial charge in [-0.15, -0.1) is 0 Å². The topological polar surface area (TPSA) is 79.3 Å². The molecule has 1 aromatic heterocycles. The highest BCUT2D eigenvalue weighted by atomic mass is 16.2. The molecule has 3 amide bonds. The lowest BCUT2D eigenvalue weighted by Gasteiger charge is -2.31. The smallest absolute Gasteiger partial charge is 0.321 e. The lowest BCUT2D eigenvalue weighted by molar-refractivity contribution is -0.125. The van der Waals surface area contributed by atoms with E-state index in [0.717, 1.165) is 18.9 Å². The minimum absolute atomic E-state index is 0.297. The first-order valence-electron chi connectivity index (χ1n) is 5.88. The van der Waals surface area contributed by atoms with Crippen molar-refractivity contribution in [2.45, 2.75) is 26.1 Å². The maximum atomic E-state index is 11.8. The van der Waals surface area contributed by atoms with Crippen LogP contribution in [0.4, 0.5) is 4.79 Å². The lowest BCUT2D eigenvalue weighted by atomic mass is 10.2. The van der Waals surface area contributed by atoms with E-state index in [2.05, 4.69) is 20.2 Å². The monoisotopic (exact) mass is 251 g/mol. The summed E-state index contributed by atoms with van der Waals surface area (Å²) in [5, 5.41) is 4.65. The Morgan fingerprint density at radius 1 is 1.44 bits per heavy atom. The van der Waals surface area contributed by atoms with Gasteiger partial charge in [-0.05, 0) is 6.92 Å². The van der Waals surface area contributed by atoms with Crippen molar-refractivity contribution in [1.29, 1.82) is 0 Å². The van der Waals surface area contributed by atoms with Crippen molar-refractivity contribution in [3.63, 3.8) is 0 Å². The third-order valence-corrected chi connectivity index (χ3v) is 3.17. The van der Waals surface area contributed by atoms with Crippen molar-refractivity contribution in [1.82, 2.24) is 25.1 Å². The average Bonchev–Trinajstić information content (AvgIpc) is 2.84. The van der Waals surface area contributed by atoms with Gasteiger partial charge in [0.05, 0.1) is 12.6 Å². The zero-order chi connectivity index (χ0) is 13.1. The van der Waals surface area contributed by atoms with Gasteiger partial charge in [0.15, 0.2) is 0 Å². The molecule has 2 heterocycles. The van der Waals surface area contributed by atoms with Crippen LogP contribution in [0.25, 0.3) is 0 Å². The van der Waals surface area contributed by atoms with E-state index in [4.69, 9.17) is 0 Å². The number of nitrogens with zero attached hydrogens (tertiary/aromatic N) is 3. The molecule has 0 bridgehead atoms. The molecule has 0 saturated heterocycles. The predicted octanol–water partition coefficient (Wildman–Crippen LogP) is -0.457. The van der Waals surface area contributed by atoms with E-state index in [1.165, 1.54) is 7.05 Å². The van der Waals surface area contributed by atoms with Gasteiger partial charge in [-0.25, -0.2) is 9.78 Å². The Balaban J connectivity index is 1.96. The summed E-state index contributed by atoms with van der Waals surface area (Å²) in [5.74, 6) is 0.648. The molecule has 7 nitrogen and oxygen atoms in total. The first-order chi connectivity index (χ1) is 8.61. The standard InChI is InChI=1S/C11H17N5O2/c1-8(10(17)14-11(18)12-2)16-6-5-15-4-3-13-9(15)7-16/h3-4,8H,5-7H2,1-2H3,(H2,12,14,17,18). The van der Waals surface area contributed by atoms with Crippen molar-refractivity contribution < 1.29 is 9.59 Å². The highest BCUT2D eigenvalue weighted by Gasteiger charge is 2.26. The van der Waals surface area contributed by atoms with Crippen LogP contribution in [0.15, 0.2) is 12.4 Å². The maximum absolute atomic E-state index is 11.8. The highest BCUT2D eigenvalue weighted by molar-refractivity contribution is 5.96. The Morgan fingerprint density at radius 2 is 2.22 bits per heavy atom. The fourth-order valence-corrected chi connectivity index (χ4v) is 1.97. The summed E-state index contributed by atoms with van der Waals surface area (Å²) in [5.41, 5.74) is 0.